The summed E-state index contributed by atoms with van der Waals surface area (Å²) in [6.07, 6.45) is -4.32. The van der Waals surface area contributed by atoms with Crippen LogP contribution in [0.3, 0.4) is 0 Å². The lowest BCUT2D eigenvalue weighted by molar-refractivity contribution is -0.188. The molecule has 1 aromatic carbocycles. The van der Waals surface area contributed by atoms with Gasteiger partial charge in [-0.05, 0) is 24.5 Å². The highest BCUT2D eigenvalue weighted by Gasteiger charge is 2.45. The molecule has 2 nitrogen and oxygen atoms in total. The zero-order chi connectivity index (χ0) is 12.6. The molecule has 1 aliphatic heterocycles. The predicted octanol–water partition coefficient (Wildman–Crippen LogP) is 2.69. The highest BCUT2D eigenvalue weighted by molar-refractivity contribution is 5.82. The van der Waals surface area contributed by atoms with E-state index in [2.05, 4.69) is 0 Å². The Morgan fingerprint density at radius 3 is 2.65 bits per heavy atom. The van der Waals surface area contributed by atoms with Crippen molar-refractivity contribution in [1.82, 2.24) is 4.90 Å². The van der Waals surface area contributed by atoms with Crippen LogP contribution in [-0.4, -0.2) is 23.5 Å². The van der Waals surface area contributed by atoms with Gasteiger partial charge in [0.25, 0.3) is 0 Å². The van der Waals surface area contributed by atoms with E-state index in [1.165, 1.54) is 0 Å². The van der Waals surface area contributed by atoms with Crippen molar-refractivity contribution in [2.45, 2.75) is 25.6 Å². The van der Waals surface area contributed by atoms with Crippen LogP contribution < -0.4 is 0 Å². The third kappa shape index (κ3) is 2.14. The van der Waals surface area contributed by atoms with Gasteiger partial charge in [-0.1, -0.05) is 24.3 Å². The number of amides is 1. The Bertz CT molecular complexity index is 442. The Balaban J connectivity index is 2.29. The summed E-state index contributed by atoms with van der Waals surface area (Å²) in [6.45, 7) is 1.75. The van der Waals surface area contributed by atoms with Crippen molar-refractivity contribution < 1.29 is 18.0 Å². The van der Waals surface area contributed by atoms with Crippen LogP contribution in [0.15, 0.2) is 24.3 Å². The quantitative estimate of drug-likeness (QED) is 0.686. The molecule has 0 bridgehead atoms. The molecular formula is C12H12F3NO. The molecule has 1 atom stereocenters. The smallest absolute Gasteiger partial charge is 0.328 e. The lowest BCUT2D eigenvalue weighted by Gasteiger charge is -2.35. The van der Waals surface area contributed by atoms with E-state index in [1.807, 2.05) is 12.1 Å². The summed E-state index contributed by atoms with van der Waals surface area (Å²) in [5, 5.41) is 0. The Morgan fingerprint density at radius 1 is 1.35 bits per heavy atom. The van der Waals surface area contributed by atoms with E-state index >= 15 is 0 Å². The zero-order valence-electron chi connectivity index (χ0n) is 9.29. The first kappa shape index (κ1) is 12.0. The third-order valence-corrected chi connectivity index (χ3v) is 3.10. The van der Waals surface area contributed by atoms with Crippen molar-refractivity contribution >= 4 is 5.91 Å². The van der Waals surface area contributed by atoms with Crippen LogP contribution in [0.5, 0.6) is 0 Å². The molecule has 1 amide bonds. The Kier molecular flexibility index (Phi) is 2.85. The van der Waals surface area contributed by atoms with Crippen molar-refractivity contribution in [2.24, 2.45) is 0 Å². The van der Waals surface area contributed by atoms with Gasteiger partial charge in [-0.3, -0.25) is 4.79 Å². The van der Waals surface area contributed by atoms with Gasteiger partial charge in [-0.2, -0.15) is 13.2 Å². The molecule has 1 aliphatic rings. The molecule has 0 radical (unpaired) electrons. The van der Waals surface area contributed by atoms with Crippen LogP contribution in [0.1, 0.15) is 24.1 Å². The first-order valence-electron chi connectivity index (χ1n) is 5.37. The van der Waals surface area contributed by atoms with Crippen LogP contribution in [0.4, 0.5) is 13.2 Å². The molecule has 0 aromatic heterocycles. The third-order valence-electron chi connectivity index (χ3n) is 3.10. The summed E-state index contributed by atoms with van der Waals surface area (Å²) >= 11 is 0. The maximum Gasteiger partial charge on any atom is 0.471 e. The number of carbonyl (C=O) groups excluding carboxylic acids is 1. The zero-order valence-corrected chi connectivity index (χ0v) is 9.29. The predicted molar refractivity (Wildman–Crippen MR) is 56.3 cm³/mol. The van der Waals surface area contributed by atoms with Gasteiger partial charge in [-0.25, -0.2) is 0 Å². The summed E-state index contributed by atoms with van der Waals surface area (Å²) < 4.78 is 37.2. The van der Waals surface area contributed by atoms with E-state index < -0.39 is 18.1 Å². The van der Waals surface area contributed by atoms with Crippen LogP contribution in [0.2, 0.25) is 0 Å². The van der Waals surface area contributed by atoms with E-state index in [1.54, 1.807) is 19.1 Å². The SMILES string of the molecule is CC1c2ccccc2CCN1C(=O)C(F)(F)F. The van der Waals surface area contributed by atoms with Gasteiger partial charge in [0, 0.05) is 6.54 Å². The fraction of sp³-hybridized carbons (Fsp3) is 0.417. The lowest BCUT2D eigenvalue weighted by atomic mass is 9.93. The second-order valence-corrected chi connectivity index (χ2v) is 4.12. The van der Waals surface area contributed by atoms with Crippen molar-refractivity contribution in [3.63, 3.8) is 0 Å². The van der Waals surface area contributed by atoms with Gasteiger partial charge in [0.2, 0.25) is 0 Å². The number of rotatable bonds is 0. The molecule has 0 fully saturated rings. The number of alkyl halides is 3. The summed E-state index contributed by atoms with van der Waals surface area (Å²) in [6, 6.07) is 6.77. The van der Waals surface area contributed by atoms with Gasteiger partial charge in [0.05, 0.1) is 6.04 Å². The Morgan fingerprint density at radius 2 is 2.00 bits per heavy atom. The van der Waals surface area contributed by atoms with E-state index in [0.29, 0.717) is 6.42 Å². The van der Waals surface area contributed by atoms with Crippen LogP contribution in [-0.2, 0) is 11.2 Å². The van der Waals surface area contributed by atoms with Crippen molar-refractivity contribution in [1.29, 1.82) is 0 Å². The molecule has 0 saturated carbocycles. The monoisotopic (exact) mass is 243 g/mol. The Labute approximate surface area is 97.0 Å². The van der Waals surface area contributed by atoms with Crippen molar-refractivity contribution in [3.8, 4) is 0 Å². The molecule has 0 N–H and O–H groups in total. The largest absolute Gasteiger partial charge is 0.471 e. The number of hydrogen-bond acceptors (Lipinski definition) is 1. The molecule has 0 aliphatic carbocycles. The minimum Gasteiger partial charge on any atom is -0.328 e. The topological polar surface area (TPSA) is 20.3 Å². The van der Waals surface area contributed by atoms with Gasteiger partial charge in [0.1, 0.15) is 0 Å². The number of hydrogen-bond donors (Lipinski definition) is 0. The number of benzene rings is 1. The second-order valence-electron chi connectivity index (χ2n) is 4.12. The maximum atomic E-state index is 12.4. The van der Waals surface area contributed by atoms with Gasteiger partial charge >= 0.3 is 12.1 Å². The average molecular weight is 243 g/mol. The summed E-state index contributed by atoms with van der Waals surface area (Å²) in [7, 11) is 0. The Hall–Kier alpha value is -1.52. The molecule has 92 valence electrons. The molecular weight excluding hydrogens is 231 g/mol. The fourth-order valence-corrected chi connectivity index (χ4v) is 2.21. The number of halogens is 3. The van der Waals surface area contributed by atoms with E-state index in [9.17, 15) is 18.0 Å². The highest BCUT2D eigenvalue weighted by Crippen LogP contribution is 2.32. The van der Waals surface area contributed by atoms with Crippen molar-refractivity contribution in [2.75, 3.05) is 6.54 Å². The molecule has 17 heavy (non-hydrogen) atoms. The van der Waals surface area contributed by atoms with Crippen LogP contribution in [0.25, 0.3) is 0 Å². The minimum absolute atomic E-state index is 0.122. The molecule has 1 aromatic rings. The van der Waals surface area contributed by atoms with E-state index in [-0.39, 0.29) is 6.54 Å². The van der Waals surface area contributed by atoms with Gasteiger partial charge < -0.3 is 4.90 Å². The summed E-state index contributed by atoms with van der Waals surface area (Å²) in [5.41, 5.74) is 1.82. The number of nitrogens with zero attached hydrogens (tertiary/aromatic N) is 1. The van der Waals surface area contributed by atoms with E-state index in [4.69, 9.17) is 0 Å². The maximum absolute atomic E-state index is 12.4. The minimum atomic E-state index is -4.79. The van der Waals surface area contributed by atoms with Crippen LogP contribution in [0, 0.1) is 0 Å². The normalized spacial score (nSPS) is 20.0. The average Bonchev–Trinajstić information content (AvgIpc) is 2.28. The second kappa shape index (κ2) is 4.05. The van der Waals surface area contributed by atoms with E-state index in [0.717, 1.165) is 16.0 Å². The number of fused-ring (bicyclic) bond motifs is 1. The highest BCUT2D eigenvalue weighted by atomic mass is 19.4. The number of carbonyl (C=O) groups is 1. The molecule has 1 unspecified atom stereocenters. The molecule has 5 heteroatoms. The van der Waals surface area contributed by atoms with Gasteiger partial charge in [-0.15, -0.1) is 0 Å². The fourth-order valence-electron chi connectivity index (χ4n) is 2.21. The van der Waals surface area contributed by atoms with Crippen molar-refractivity contribution in [3.05, 3.63) is 35.4 Å². The standard InChI is InChI=1S/C12H12F3NO/c1-8-10-5-3-2-4-9(10)6-7-16(8)11(17)12(13,14)15/h2-5,8H,6-7H2,1H3. The summed E-state index contributed by atoms with van der Waals surface area (Å²) in [5.74, 6) is -1.75. The molecule has 0 saturated heterocycles. The first-order valence-corrected chi connectivity index (χ1v) is 5.37. The lowest BCUT2D eigenvalue weighted by Crippen LogP contribution is -2.45. The summed E-state index contributed by atoms with van der Waals surface area (Å²) in [4.78, 5) is 12.1. The van der Waals surface area contributed by atoms with Gasteiger partial charge in [0.15, 0.2) is 0 Å². The molecule has 0 spiro atoms. The van der Waals surface area contributed by atoms with Crippen LogP contribution >= 0.6 is 0 Å². The first-order chi connectivity index (χ1) is 7.91. The molecule has 1 heterocycles. The molecule has 2 rings (SSSR count).